The Morgan fingerprint density at radius 1 is 1.03 bits per heavy atom. The average Bonchev–Trinajstić information content (AvgIpc) is 2.90. The quantitative estimate of drug-likeness (QED) is 0.252. The SMILES string of the molecule is CCOC(=O)c1ccc(N2C(=O)NC(=O)/C(=C\c3ccc(OC)cc3OCc3cccc(Cl)c3)C2=O)cc1. The summed E-state index contributed by atoms with van der Waals surface area (Å²) in [6, 6.07) is 16.9. The molecule has 9 nitrogen and oxygen atoms in total. The zero-order valence-electron chi connectivity index (χ0n) is 20.5. The average molecular weight is 535 g/mol. The molecule has 1 heterocycles. The fraction of sp³-hybridized carbons (Fsp3) is 0.143. The second kappa shape index (κ2) is 11.6. The molecule has 0 aromatic heterocycles. The third-order valence-electron chi connectivity index (χ3n) is 5.54. The van der Waals surface area contributed by atoms with Crippen molar-refractivity contribution in [2.45, 2.75) is 13.5 Å². The van der Waals surface area contributed by atoms with E-state index < -0.39 is 23.8 Å². The normalized spacial score (nSPS) is 14.3. The highest BCUT2D eigenvalue weighted by Gasteiger charge is 2.37. The van der Waals surface area contributed by atoms with E-state index in [4.69, 9.17) is 25.8 Å². The molecule has 4 rings (SSSR count). The van der Waals surface area contributed by atoms with E-state index in [0.717, 1.165) is 10.5 Å². The van der Waals surface area contributed by atoms with Crippen LogP contribution in [0.25, 0.3) is 6.08 Å². The number of nitrogens with zero attached hydrogens (tertiary/aromatic N) is 1. The number of urea groups is 1. The number of esters is 1. The number of hydrogen-bond acceptors (Lipinski definition) is 7. The Hall–Kier alpha value is -4.63. The van der Waals surface area contributed by atoms with Crippen LogP contribution in [0.1, 0.15) is 28.4 Å². The van der Waals surface area contributed by atoms with Gasteiger partial charge in [0.05, 0.1) is 25.0 Å². The largest absolute Gasteiger partial charge is 0.497 e. The van der Waals surface area contributed by atoms with Crippen LogP contribution in [0.4, 0.5) is 10.5 Å². The first-order valence-corrected chi connectivity index (χ1v) is 11.9. The van der Waals surface area contributed by atoms with Gasteiger partial charge in [0, 0.05) is 16.7 Å². The van der Waals surface area contributed by atoms with E-state index in [0.29, 0.717) is 22.1 Å². The lowest BCUT2D eigenvalue weighted by Gasteiger charge is -2.26. The molecule has 3 aromatic carbocycles. The molecule has 1 saturated heterocycles. The smallest absolute Gasteiger partial charge is 0.338 e. The summed E-state index contributed by atoms with van der Waals surface area (Å²) in [5.74, 6) is -1.37. The number of ether oxygens (including phenoxy) is 3. The van der Waals surface area contributed by atoms with Crippen LogP contribution in [0, 0.1) is 0 Å². The van der Waals surface area contributed by atoms with Crippen LogP contribution in [-0.2, 0) is 20.9 Å². The van der Waals surface area contributed by atoms with Gasteiger partial charge in [0.1, 0.15) is 23.7 Å². The van der Waals surface area contributed by atoms with Crippen LogP contribution in [0.5, 0.6) is 11.5 Å². The van der Waals surface area contributed by atoms with Crippen molar-refractivity contribution in [1.82, 2.24) is 5.32 Å². The van der Waals surface area contributed by atoms with Gasteiger partial charge in [0.2, 0.25) is 0 Å². The molecule has 0 bridgehead atoms. The van der Waals surface area contributed by atoms with Gasteiger partial charge >= 0.3 is 12.0 Å². The van der Waals surface area contributed by atoms with Crippen molar-refractivity contribution < 1.29 is 33.4 Å². The van der Waals surface area contributed by atoms with Crippen molar-refractivity contribution in [2.24, 2.45) is 0 Å². The number of carbonyl (C=O) groups excluding carboxylic acids is 4. The van der Waals surface area contributed by atoms with Crippen molar-refractivity contribution in [2.75, 3.05) is 18.6 Å². The van der Waals surface area contributed by atoms with Gasteiger partial charge in [0.15, 0.2) is 0 Å². The summed E-state index contributed by atoms with van der Waals surface area (Å²) >= 11 is 6.06. The zero-order chi connectivity index (χ0) is 27.2. The second-order valence-electron chi connectivity index (χ2n) is 8.05. The second-order valence-corrected chi connectivity index (χ2v) is 8.48. The van der Waals surface area contributed by atoms with Crippen molar-refractivity contribution in [3.05, 3.63) is 94.0 Å². The first-order valence-electron chi connectivity index (χ1n) is 11.5. The lowest BCUT2D eigenvalue weighted by Crippen LogP contribution is -2.54. The minimum atomic E-state index is -0.909. The monoisotopic (exact) mass is 534 g/mol. The maximum atomic E-state index is 13.3. The van der Waals surface area contributed by atoms with Gasteiger partial charge in [-0.1, -0.05) is 23.7 Å². The van der Waals surface area contributed by atoms with Crippen molar-refractivity contribution in [1.29, 1.82) is 0 Å². The van der Waals surface area contributed by atoms with Gasteiger partial charge in [-0.25, -0.2) is 14.5 Å². The molecule has 0 radical (unpaired) electrons. The Balaban J connectivity index is 1.64. The molecule has 1 fully saturated rings. The number of carbonyl (C=O) groups is 4. The van der Waals surface area contributed by atoms with E-state index in [9.17, 15) is 19.2 Å². The maximum Gasteiger partial charge on any atom is 0.338 e. The van der Waals surface area contributed by atoms with Crippen LogP contribution in [0.2, 0.25) is 5.02 Å². The molecular weight excluding hydrogens is 512 g/mol. The summed E-state index contributed by atoms with van der Waals surface area (Å²) in [5, 5.41) is 2.74. The van der Waals surface area contributed by atoms with Gasteiger partial charge in [-0.3, -0.25) is 14.9 Å². The van der Waals surface area contributed by atoms with Gasteiger partial charge < -0.3 is 14.2 Å². The summed E-state index contributed by atoms with van der Waals surface area (Å²) in [6.07, 6.45) is 1.34. The summed E-state index contributed by atoms with van der Waals surface area (Å²) in [4.78, 5) is 51.3. The Labute approximate surface area is 223 Å². The Bertz CT molecular complexity index is 1430. The zero-order valence-corrected chi connectivity index (χ0v) is 21.3. The standard InChI is InChI=1S/C28H23ClN2O7/c1-3-37-27(34)18-7-10-21(11-8-18)31-26(33)23(25(32)30-28(31)35)14-19-9-12-22(36-2)15-24(19)38-16-17-5-4-6-20(29)13-17/h4-15H,3,16H2,1-2H3,(H,30,32,35)/b23-14+. The topological polar surface area (TPSA) is 111 Å². The lowest BCUT2D eigenvalue weighted by molar-refractivity contribution is -0.122. The van der Waals surface area contributed by atoms with Gasteiger partial charge in [-0.2, -0.15) is 0 Å². The number of rotatable bonds is 8. The fourth-order valence-corrected chi connectivity index (χ4v) is 3.90. The van der Waals surface area contributed by atoms with Gasteiger partial charge in [-0.05, 0) is 67.1 Å². The Morgan fingerprint density at radius 2 is 1.79 bits per heavy atom. The van der Waals surface area contributed by atoms with Crippen molar-refractivity contribution in [3.8, 4) is 11.5 Å². The van der Waals surface area contributed by atoms with Crippen molar-refractivity contribution >= 4 is 47.2 Å². The number of imide groups is 2. The molecule has 0 spiro atoms. The van der Waals surface area contributed by atoms with Crippen LogP contribution in [-0.4, -0.2) is 37.5 Å². The van der Waals surface area contributed by atoms with E-state index in [-0.39, 0.29) is 30.0 Å². The third kappa shape index (κ3) is 5.84. The van der Waals surface area contributed by atoms with Crippen LogP contribution >= 0.6 is 11.6 Å². The number of halogens is 1. The molecule has 194 valence electrons. The molecule has 1 N–H and O–H groups in total. The third-order valence-corrected chi connectivity index (χ3v) is 5.78. The molecule has 0 saturated carbocycles. The molecule has 0 aliphatic carbocycles. The summed E-state index contributed by atoms with van der Waals surface area (Å²) in [5.41, 5.74) is 1.38. The predicted octanol–water partition coefficient (Wildman–Crippen LogP) is 4.77. The molecule has 0 atom stereocenters. The Morgan fingerprint density at radius 3 is 2.47 bits per heavy atom. The highest BCUT2D eigenvalue weighted by atomic mass is 35.5. The number of methoxy groups -OCH3 is 1. The van der Waals surface area contributed by atoms with Crippen LogP contribution < -0.4 is 19.7 Å². The summed E-state index contributed by atoms with van der Waals surface area (Å²) in [7, 11) is 1.50. The van der Waals surface area contributed by atoms with Gasteiger partial charge in [-0.15, -0.1) is 0 Å². The highest BCUT2D eigenvalue weighted by Crippen LogP contribution is 2.30. The molecule has 1 aliphatic rings. The van der Waals surface area contributed by atoms with E-state index in [1.807, 2.05) is 6.07 Å². The Kier molecular flexibility index (Phi) is 8.08. The maximum absolute atomic E-state index is 13.3. The van der Waals surface area contributed by atoms with E-state index in [1.54, 1.807) is 43.3 Å². The summed E-state index contributed by atoms with van der Waals surface area (Å²) < 4.78 is 16.2. The molecule has 38 heavy (non-hydrogen) atoms. The molecule has 3 aromatic rings. The minimum absolute atomic E-state index is 0.168. The predicted molar refractivity (Wildman–Crippen MR) is 140 cm³/mol. The lowest BCUT2D eigenvalue weighted by atomic mass is 10.1. The van der Waals surface area contributed by atoms with E-state index >= 15 is 0 Å². The first-order chi connectivity index (χ1) is 18.3. The number of barbiturate groups is 1. The fourth-order valence-electron chi connectivity index (χ4n) is 3.68. The minimum Gasteiger partial charge on any atom is -0.497 e. The first kappa shape index (κ1) is 26.4. The van der Waals surface area contributed by atoms with E-state index in [1.165, 1.54) is 37.5 Å². The summed E-state index contributed by atoms with van der Waals surface area (Å²) in [6.45, 7) is 2.06. The number of anilines is 1. The molecule has 1 aliphatic heterocycles. The number of nitrogens with one attached hydrogen (secondary N) is 1. The van der Waals surface area contributed by atoms with Gasteiger partial charge in [0.25, 0.3) is 11.8 Å². The van der Waals surface area contributed by atoms with E-state index in [2.05, 4.69) is 5.32 Å². The molecular formula is C28H23ClN2O7. The van der Waals surface area contributed by atoms with Crippen LogP contribution in [0.15, 0.2) is 72.3 Å². The highest BCUT2D eigenvalue weighted by molar-refractivity contribution is 6.39. The van der Waals surface area contributed by atoms with Crippen LogP contribution in [0.3, 0.4) is 0 Å². The molecule has 4 amide bonds. The molecule has 10 heteroatoms. The number of hydrogen-bond donors (Lipinski definition) is 1. The number of amides is 4. The van der Waals surface area contributed by atoms with Crippen molar-refractivity contribution in [3.63, 3.8) is 0 Å². The number of benzene rings is 3. The molecule has 0 unspecified atom stereocenters.